The van der Waals surface area contributed by atoms with Crippen molar-refractivity contribution in [2.24, 2.45) is 0 Å². The second kappa shape index (κ2) is 5.48. The first kappa shape index (κ1) is 12.9. The van der Waals surface area contributed by atoms with Gasteiger partial charge in [-0.1, -0.05) is 78.9 Å². The molecule has 0 aliphatic carbocycles. The molecule has 1 nitrogen and oxygen atoms in total. The Kier molecular flexibility index (Phi) is 3.54. The van der Waals surface area contributed by atoms with Gasteiger partial charge in [-0.2, -0.15) is 0 Å². The highest BCUT2D eigenvalue weighted by Gasteiger charge is 2.28. The Balaban J connectivity index is 2.27. The summed E-state index contributed by atoms with van der Waals surface area (Å²) < 4.78 is 13.8. The van der Waals surface area contributed by atoms with Crippen LogP contribution < -0.4 is 15.9 Å². The molecule has 0 heterocycles. The zero-order valence-electron chi connectivity index (χ0n) is 10.9. The van der Waals surface area contributed by atoms with Crippen LogP contribution in [0.15, 0.2) is 84.9 Å². The molecule has 97 valence electrons. The lowest BCUT2D eigenvalue weighted by molar-refractivity contribution is 0.592. The Morgan fingerprint density at radius 3 is 1.60 bits per heavy atom. The van der Waals surface area contributed by atoms with Crippen LogP contribution in [0.1, 0.15) is 0 Å². The summed E-state index contributed by atoms with van der Waals surface area (Å²) in [7, 11) is -2.81. The molecule has 0 atom stereocenters. The molecule has 3 rings (SSSR count). The van der Waals surface area contributed by atoms with Crippen LogP contribution in [0, 0.1) is 6.07 Å². The van der Waals surface area contributed by atoms with Gasteiger partial charge in [0.05, 0.1) is 0 Å². The van der Waals surface area contributed by atoms with Crippen LogP contribution >= 0.6 is 7.14 Å². The summed E-state index contributed by atoms with van der Waals surface area (Å²) in [6, 6.07) is 29.8. The summed E-state index contributed by atoms with van der Waals surface area (Å²) in [4.78, 5) is 0. The first-order chi connectivity index (χ1) is 9.82. The minimum absolute atomic E-state index is 0.817. The predicted octanol–water partition coefficient (Wildman–Crippen LogP) is 3.13. The molecule has 0 amide bonds. The van der Waals surface area contributed by atoms with E-state index in [1.54, 1.807) is 0 Å². The molecule has 2 heteroatoms. The Labute approximate surface area is 119 Å². The standard InChI is InChI=1S/C18H14OP/c19-20(16-10-4-1-5-11-16,17-12-6-2-7-13-17)18-14-8-3-9-15-18/h1-8,10-15H. The van der Waals surface area contributed by atoms with Crippen molar-refractivity contribution in [3.63, 3.8) is 0 Å². The molecule has 0 aliphatic rings. The van der Waals surface area contributed by atoms with Crippen molar-refractivity contribution in [2.75, 3.05) is 0 Å². The van der Waals surface area contributed by atoms with Crippen LogP contribution in [-0.2, 0) is 4.57 Å². The van der Waals surface area contributed by atoms with E-state index in [0.717, 1.165) is 15.9 Å². The number of hydrogen-bond acceptors (Lipinski definition) is 1. The maximum Gasteiger partial charge on any atom is 0.171 e. The van der Waals surface area contributed by atoms with Crippen molar-refractivity contribution < 1.29 is 4.57 Å². The molecule has 0 saturated heterocycles. The summed E-state index contributed by atoms with van der Waals surface area (Å²) in [5.74, 6) is 0. The van der Waals surface area contributed by atoms with Crippen LogP contribution in [0.3, 0.4) is 0 Å². The van der Waals surface area contributed by atoms with E-state index in [0.29, 0.717) is 0 Å². The van der Waals surface area contributed by atoms with Crippen molar-refractivity contribution in [1.29, 1.82) is 0 Å². The molecule has 0 aliphatic heterocycles. The second-order valence-corrected chi connectivity index (χ2v) is 7.31. The van der Waals surface area contributed by atoms with Crippen molar-refractivity contribution >= 4 is 23.1 Å². The molecule has 0 saturated carbocycles. The monoisotopic (exact) mass is 277 g/mol. The van der Waals surface area contributed by atoms with Gasteiger partial charge >= 0.3 is 0 Å². The third kappa shape index (κ3) is 2.21. The van der Waals surface area contributed by atoms with Gasteiger partial charge in [0.25, 0.3) is 0 Å². The molecular weight excluding hydrogens is 263 g/mol. The van der Waals surface area contributed by atoms with Gasteiger partial charge < -0.3 is 4.57 Å². The molecule has 0 N–H and O–H groups in total. The third-order valence-corrected chi connectivity index (χ3v) is 6.35. The van der Waals surface area contributed by atoms with Gasteiger partial charge in [-0.3, -0.25) is 0 Å². The average Bonchev–Trinajstić information content (AvgIpc) is 2.56. The normalized spacial score (nSPS) is 11.2. The van der Waals surface area contributed by atoms with Gasteiger partial charge in [0.15, 0.2) is 7.14 Å². The first-order valence-electron chi connectivity index (χ1n) is 6.50. The zero-order valence-corrected chi connectivity index (χ0v) is 11.8. The zero-order chi connectivity index (χ0) is 13.8. The Bertz CT molecular complexity index is 618. The summed E-state index contributed by atoms with van der Waals surface area (Å²) in [6.07, 6.45) is 0. The second-order valence-electron chi connectivity index (χ2n) is 4.54. The summed E-state index contributed by atoms with van der Waals surface area (Å²) >= 11 is 0. The maximum atomic E-state index is 13.8. The molecule has 3 aromatic carbocycles. The molecule has 0 fully saturated rings. The van der Waals surface area contributed by atoms with E-state index in [9.17, 15) is 4.57 Å². The number of benzene rings is 3. The van der Waals surface area contributed by atoms with Gasteiger partial charge in [0, 0.05) is 15.9 Å². The molecule has 0 spiro atoms. The van der Waals surface area contributed by atoms with Crippen LogP contribution in [0.2, 0.25) is 0 Å². The first-order valence-corrected chi connectivity index (χ1v) is 8.20. The topological polar surface area (TPSA) is 17.1 Å². The molecule has 20 heavy (non-hydrogen) atoms. The minimum Gasteiger partial charge on any atom is -0.309 e. The Hall–Kier alpha value is -2.11. The van der Waals surface area contributed by atoms with Crippen LogP contribution in [0.25, 0.3) is 0 Å². The van der Waals surface area contributed by atoms with Gasteiger partial charge in [0.2, 0.25) is 0 Å². The summed E-state index contributed by atoms with van der Waals surface area (Å²) in [5, 5.41) is 2.52. The lowest BCUT2D eigenvalue weighted by atomic mass is 10.4. The van der Waals surface area contributed by atoms with Crippen molar-refractivity contribution in [1.82, 2.24) is 0 Å². The highest BCUT2D eigenvalue weighted by atomic mass is 31.2. The lowest BCUT2D eigenvalue weighted by Crippen LogP contribution is -2.24. The van der Waals surface area contributed by atoms with Crippen molar-refractivity contribution in [2.45, 2.75) is 0 Å². The fraction of sp³-hybridized carbons (Fsp3) is 0. The van der Waals surface area contributed by atoms with Gasteiger partial charge in [-0.25, -0.2) is 0 Å². The average molecular weight is 277 g/mol. The largest absolute Gasteiger partial charge is 0.309 e. The minimum atomic E-state index is -2.81. The third-order valence-electron chi connectivity index (χ3n) is 3.29. The number of rotatable bonds is 3. The van der Waals surface area contributed by atoms with E-state index in [-0.39, 0.29) is 0 Å². The Morgan fingerprint density at radius 1 is 0.650 bits per heavy atom. The Morgan fingerprint density at radius 2 is 1.15 bits per heavy atom. The smallest absolute Gasteiger partial charge is 0.171 e. The van der Waals surface area contributed by atoms with E-state index in [1.165, 1.54) is 0 Å². The summed E-state index contributed by atoms with van der Waals surface area (Å²) in [6.45, 7) is 0. The SMILES string of the molecule is O=P(c1c[c]ccc1)(c1ccccc1)c1ccccc1. The van der Waals surface area contributed by atoms with Crippen molar-refractivity contribution in [3.05, 3.63) is 91.0 Å². The quantitative estimate of drug-likeness (QED) is 0.672. The maximum absolute atomic E-state index is 13.8. The molecular formula is C18H14OP. The van der Waals surface area contributed by atoms with Crippen LogP contribution in [0.5, 0.6) is 0 Å². The van der Waals surface area contributed by atoms with E-state index in [4.69, 9.17) is 0 Å². The molecule has 1 radical (unpaired) electrons. The number of hydrogen-bond donors (Lipinski definition) is 0. The molecule has 0 unspecified atom stereocenters. The fourth-order valence-corrected chi connectivity index (χ4v) is 4.93. The highest BCUT2D eigenvalue weighted by molar-refractivity contribution is 7.85. The predicted molar refractivity (Wildman–Crippen MR) is 84.7 cm³/mol. The highest BCUT2D eigenvalue weighted by Crippen LogP contribution is 2.41. The van der Waals surface area contributed by atoms with Crippen molar-refractivity contribution in [3.8, 4) is 0 Å². The van der Waals surface area contributed by atoms with E-state index >= 15 is 0 Å². The van der Waals surface area contributed by atoms with Gasteiger partial charge in [0.1, 0.15) is 0 Å². The molecule has 0 bridgehead atoms. The van der Waals surface area contributed by atoms with Gasteiger partial charge in [-0.15, -0.1) is 0 Å². The fourth-order valence-electron chi connectivity index (χ4n) is 2.30. The lowest BCUT2D eigenvalue weighted by Gasteiger charge is -2.19. The van der Waals surface area contributed by atoms with Crippen LogP contribution in [0.4, 0.5) is 0 Å². The van der Waals surface area contributed by atoms with Gasteiger partial charge in [-0.05, 0) is 12.1 Å². The summed E-state index contributed by atoms with van der Waals surface area (Å²) in [5.41, 5.74) is 0. The molecule has 3 aromatic rings. The van der Waals surface area contributed by atoms with Crippen LogP contribution in [-0.4, -0.2) is 0 Å². The van der Waals surface area contributed by atoms with E-state index in [1.807, 2.05) is 84.9 Å². The molecule has 0 aromatic heterocycles. The van der Waals surface area contributed by atoms with E-state index in [2.05, 4.69) is 6.07 Å². The van der Waals surface area contributed by atoms with E-state index < -0.39 is 7.14 Å².